The second-order valence-electron chi connectivity index (χ2n) is 2.85. The molecule has 0 aromatic heterocycles. The van der Waals surface area contributed by atoms with Crippen LogP contribution >= 0.6 is 0 Å². The van der Waals surface area contributed by atoms with Gasteiger partial charge in [0.25, 0.3) is 0 Å². The van der Waals surface area contributed by atoms with E-state index in [1.54, 1.807) is 6.08 Å². The maximum atomic E-state index is 10.0. The molecular formula is C10H11NO3. The Morgan fingerprint density at radius 2 is 2.07 bits per heavy atom. The summed E-state index contributed by atoms with van der Waals surface area (Å²) in [6, 6.07) is 9.31. The molecule has 0 saturated heterocycles. The predicted octanol–water partition coefficient (Wildman–Crippen LogP) is 1.34. The van der Waals surface area contributed by atoms with Crippen molar-refractivity contribution < 1.29 is 10.0 Å². The molecule has 4 nitrogen and oxygen atoms in total. The summed E-state index contributed by atoms with van der Waals surface area (Å²) in [7, 11) is 0. The minimum Gasteiger partial charge on any atom is -0.382 e. The van der Waals surface area contributed by atoms with E-state index in [1.807, 2.05) is 30.3 Å². The number of hydrogen-bond acceptors (Lipinski definition) is 3. The highest BCUT2D eigenvalue weighted by Crippen LogP contribution is 2.01. The summed E-state index contributed by atoms with van der Waals surface area (Å²) in [5, 5.41) is 19.2. The van der Waals surface area contributed by atoms with Gasteiger partial charge >= 0.3 is 0 Å². The van der Waals surface area contributed by atoms with E-state index in [0.29, 0.717) is 0 Å². The van der Waals surface area contributed by atoms with Gasteiger partial charge in [-0.1, -0.05) is 36.4 Å². The SMILES string of the molecule is O=[N+]([O-])C[C@H](O)C=Cc1ccccc1. The molecular weight excluding hydrogens is 182 g/mol. The third kappa shape index (κ3) is 3.82. The van der Waals surface area contributed by atoms with Crippen LogP contribution in [0.1, 0.15) is 5.56 Å². The van der Waals surface area contributed by atoms with E-state index in [4.69, 9.17) is 5.11 Å². The van der Waals surface area contributed by atoms with Gasteiger partial charge in [-0.05, 0) is 11.6 Å². The Hall–Kier alpha value is -1.68. The first-order chi connectivity index (χ1) is 6.68. The van der Waals surface area contributed by atoms with Crippen LogP contribution in [0.25, 0.3) is 6.08 Å². The van der Waals surface area contributed by atoms with Crippen LogP contribution in [0.15, 0.2) is 36.4 Å². The minimum absolute atomic E-state index is 0.455. The van der Waals surface area contributed by atoms with E-state index in [2.05, 4.69) is 0 Å². The first-order valence-corrected chi connectivity index (χ1v) is 4.21. The first kappa shape index (κ1) is 10.4. The van der Waals surface area contributed by atoms with Gasteiger partial charge in [-0.25, -0.2) is 0 Å². The Balaban J connectivity index is 2.52. The highest BCUT2D eigenvalue weighted by atomic mass is 16.6. The first-order valence-electron chi connectivity index (χ1n) is 4.21. The maximum Gasteiger partial charge on any atom is 0.232 e. The Morgan fingerprint density at radius 3 is 2.64 bits per heavy atom. The van der Waals surface area contributed by atoms with Crippen LogP contribution in [0.5, 0.6) is 0 Å². The fourth-order valence-electron chi connectivity index (χ4n) is 1.000. The average molecular weight is 193 g/mol. The summed E-state index contributed by atoms with van der Waals surface area (Å²) in [6.45, 7) is -0.455. The molecule has 0 aliphatic rings. The van der Waals surface area contributed by atoms with E-state index in [0.717, 1.165) is 5.56 Å². The molecule has 1 atom stereocenters. The van der Waals surface area contributed by atoms with Crippen molar-refractivity contribution in [1.82, 2.24) is 0 Å². The summed E-state index contributed by atoms with van der Waals surface area (Å²) < 4.78 is 0. The number of aliphatic hydroxyl groups is 1. The van der Waals surface area contributed by atoms with Gasteiger partial charge in [0.15, 0.2) is 0 Å². The standard InChI is InChI=1S/C10H11NO3/c12-10(8-11(13)14)7-6-9-4-2-1-3-5-9/h1-7,10,12H,8H2/t10-/m1/s1. The largest absolute Gasteiger partial charge is 0.382 e. The lowest BCUT2D eigenvalue weighted by molar-refractivity contribution is -0.487. The number of hydrogen-bond donors (Lipinski definition) is 1. The van der Waals surface area contributed by atoms with Gasteiger partial charge < -0.3 is 5.11 Å². The van der Waals surface area contributed by atoms with Crippen molar-refractivity contribution in [2.45, 2.75) is 6.10 Å². The van der Waals surface area contributed by atoms with E-state index in [-0.39, 0.29) is 0 Å². The van der Waals surface area contributed by atoms with Crippen molar-refractivity contribution in [3.63, 3.8) is 0 Å². The molecule has 0 aliphatic heterocycles. The monoisotopic (exact) mass is 193 g/mol. The van der Waals surface area contributed by atoms with E-state index < -0.39 is 17.6 Å². The van der Waals surface area contributed by atoms with Crippen LogP contribution < -0.4 is 0 Å². The number of benzene rings is 1. The second-order valence-corrected chi connectivity index (χ2v) is 2.85. The molecule has 1 N–H and O–H groups in total. The zero-order chi connectivity index (χ0) is 10.4. The van der Waals surface area contributed by atoms with Crippen LogP contribution in [-0.4, -0.2) is 22.7 Å². The fraction of sp³-hybridized carbons (Fsp3) is 0.200. The number of aliphatic hydroxyl groups excluding tert-OH is 1. The lowest BCUT2D eigenvalue weighted by atomic mass is 10.2. The zero-order valence-corrected chi connectivity index (χ0v) is 7.54. The molecule has 0 amide bonds. The van der Waals surface area contributed by atoms with Crippen LogP contribution in [0.3, 0.4) is 0 Å². The quantitative estimate of drug-likeness (QED) is 0.579. The Bertz CT molecular complexity index is 321. The smallest absolute Gasteiger partial charge is 0.232 e. The molecule has 0 fully saturated rings. The second kappa shape index (κ2) is 5.14. The van der Waals surface area contributed by atoms with Gasteiger partial charge in [0, 0.05) is 4.92 Å². The summed E-state index contributed by atoms with van der Waals surface area (Å²) in [5.74, 6) is 0. The third-order valence-electron chi connectivity index (χ3n) is 1.65. The molecule has 0 spiro atoms. The minimum atomic E-state index is -1.02. The topological polar surface area (TPSA) is 63.4 Å². The molecule has 14 heavy (non-hydrogen) atoms. The Labute approximate surface area is 81.6 Å². The van der Waals surface area contributed by atoms with Crippen molar-refractivity contribution >= 4 is 6.08 Å². The molecule has 74 valence electrons. The van der Waals surface area contributed by atoms with Crippen LogP contribution in [0.4, 0.5) is 0 Å². The summed E-state index contributed by atoms with van der Waals surface area (Å²) in [5.41, 5.74) is 0.912. The Kier molecular flexibility index (Phi) is 3.82. The highest BCUT2D eigenvalue weighted by molar-refractivity contribution is 5.49. The summed E-state index contributed by atoms with van der Waals surface area (Å²) in [4.78, 5) is 9.49. The predicted molar refractivity (Wildman–Crippen MR) is 53.3 cm³/mol. The zero-order valence-electron chi connectivity index (χ0n) is 7.54. The summed E-state index contributed by atoms with van der Waals surface area (Å²) in [6.07, 6.45) is 2.05. The van der Waals surface area contributed by atoms with E-state index in [1.165, 1.54) is 6.08 Å². The molecule has 0 radical (unpaired) electrons. The Morgan fingerprint density at radius 1 is 1.43 bits per heavy atom. The number of rotatable bonds is 4. The van der Waals surface area contributed by atoms with Crippen molar-refractivity contribution in [2.24, 2.45) is 0 Å². The van der Waals surface area contributed by atoms with Crippen molar-refractivity contribution in [3.05, 3.63) is 52.1 Å². The highest BCUT2D eigenvalue weighted by Gasteiger charge is 2.05. The molecule has 0 unspecified atom stereocenters. The third-order valence-corrected chi connectivity index (χ3v) is 1.65. The average Bonchev–Trinajstić information content (AvgIpc) is 2.15. The molecule has 1 aromatic rings. The van der Waals surface area contributed by atoms with Crippen molar-refractivity contribution in [3.8, 4) is 0 Å². The van der Waals surface area contributed by atoms with Gasteiger partial charge in [-0.15, -0.1) is 0 Å². The van der Waals surface area contributed by atoms with Crippen LogP contribution in [0.2, 0.25) is 0 Å². The van der Waals surface area contributed by atoms with Gasteiger partial charge in [-0.2, -0.15) is 0 Å². The molecule has 0 aliphatic carbocycles. The van der Waals surface area contributed by atoms with Gasteiger partial charge in [0.2, 0.25) is 6.54 Å². The fourth-order valence-corrected chi connectivity index (χ4v) is 1.000. The maximum absolute atomic E-state index is 10.0. The van der Waals surface area contributed by atoms with Gasteiger partial charge in [-0.3, -0.25) is 10.1 Å². The normalized spacial score (nSPS) is 12.9. The number of nitrogens with zero attached hydrogens (tertiary/aromatic N) is 1. The number of nitro groups is 1. The lowest BCUT2D eigenvalue weighted by Gasteiger charge is -1.98. The summed E-state index contributed by atoms with van der Waals surface area (Å²) >= 11 is 0. The molecule has 0 bridgehead atoms. The van der Waals surface area contributed by atoms with E-state index >= 15 is 0 Å². The van der Waals surface area contributed by atoms with Gasteiger partial charge in [0.1, 0.15) is 6.10 Å². The van der Waals surface area contributed by atoms with E-state index in [9.17, 15) is 10.1 Å². The molecule has 4 heteroatoms. The molecule has 0 heterocycles. The lowest BCUT2D eigenvalue weighted by Crippen LogP contribution is -2.16. The van der Waals surface area contributed by atoms with Crippen LogP contribution in [-0.2, 0) is 0 Å². The van der Waals surface area contributed by atoms with Crippen molar-refractivity contribution in [1.29, 1.82) is 0 Å². The van der Waals surface area contributed by atoms with Crippen LogP contribution in [0, 0.1) is 10.1 Å². The molecule has 1 aromatic carbocycles. The molecule has 0 saturated carbocycles. The van der Waals surface area contributed by atoms with Crippen molar-refractivity contribution in [2.75, 3.05) is 6.54 Å². The molecule has 1 rings (SSSR count). The van der Waals surface area contributed by atoms with Gasteiger partial charge in [0.05, 0.1) is 0 Å².